The molecule has 0 bridgehead atoms. The van der Waals surface area contributed by atoms with Gasteiger partial charge in [-0.05, 0) is 38.5 Å². The first-order valence-corrected chi connectivity index (χ1v) is 11.5. The second kappa shape index (κ2) is 11.4. The second-order valence-electron chi connectivity index (χ2n) is 4.60. The van der Waals surface area contributed by atoms with Gasteiger partial charge in [0.2, 0.25) is 11.6 Å². The molecule has 0 radical (unpaired) electrons. The average Bonchev–Trinajstić information content (AvgIpc) is 2.43. The zero-order chi connectivity index (χ0) is 17.2. The van der Waals surface area contributed by atoms with Crippen molar-refractivity contribution < 1.29 is 23.4 Å². The van der Waals surface area contributed by atoms with Crippen molar-refractivity contribution in [2.24, 2.45) is 5.92 Å². The number of hydrogen-bond donors (Lipinski definition) is 1. The lowest BCUT2D eigenvalue weighted by atomic mass is 10.0. The van der Waals surface area contributed by atoms with Gasteiger partial charge in [0.25, 0.3) is 0 Å². The lowest BCUT2D eigenvalue weighted by Gasteiger charge is -2.22. The summed E-state index contributed by atoms with van der Waals surface area (Å²) in [5, 5.41) is 2.68. The summed E-state index contributed by atoms with van der Waals surface area (Å²) < 4.78 is 15.9. The lowest BCUT2D eigenvalue weighted by Crippen LogP contribution is -2.46. The van der Waals surface area contributed by atoms with Gasteiger partial charge < -0.3 is 19.1 Å². The Kier molecular flexibility index (Phi) is 11.3. The van der Waals surface area contributed by atoms with E-state index in [4.69, 9.17) is 25.6 Å². The SMILES string of the molecule is CCOC(=O)C(NC(=O)CSP(=S)(OCC)OCC)C(C)C. The number of rotatable bonds is 11. The third-order valence-electron chi connectivity index (χ3n) is 2.45. The first-order chi connectivity index (χ1) is 10.3. The lowest BCUT2D eigenvalue weighted by molar-refractivity contribution is -0.148. The van der Waals surface area contributed by atoms with Crippen molar-refractivity contribution in [3.05, 3.63) is 0 Å². The van der Waals surface area contributed by atoms with Gasteiger partial charge in [0.15, 0.2) is 0 Å². The fraction of sp³-hybridized carbons (Fsp3) is 0.846. The minimum absolute atomic E-state index is 0.0603. The van der Waals surface area contributed by atoms with Crippen molar-refractivity contribution in [1.82, 2.24) is 5.32 Å². The number of carbonyl (C=O) groups is 2. The van der Waals surface area contributed by atoms with Gasteiger partial charge >= 0.3 is 5.97 Å². The molecule has 0 heterocycles. The molecule has 1 amide bonds. The molecule has 0 aromatic heterocycles. The highest BCUT2D eigenvalue weighted by Gasteiger charge is 2.27. The van der Waals surface area contributed by atoms with Crippen LogP contribution in [0.2, 0.25) is 0 Å². The van der Waals surface area contributed by atoms with Gasteiger partial charge in [-0.1, -0.05) is 25.2 Å². The Morgan fingerprint density at radius 1 is 1.14 bits per heavy atom. The first-order valence-electron chi connectivity index (χ1n) is 7.29. The highest BCUT2D eigenvalue weighted by atomic mass is 32.9. The van der Waals surface area contributed by atoms with Gasteiger partial charge in [-0.25, -0.2) is 4.79 Å². The van der Waals surface area contributed by atoms with Crippen LogP contribution in [0.4, 0.5) is 0 Å². The number of carbonyl (C=O) groups excluding carboxylic acids is 2. The topological polar surface area (TPSA) is 73.9 Å². The number of amides is 1. The molecule has 6 nitrogen and oxygen atoms in total. The average molecular weight is 371 g/mol. The summed E-state index contributed by atoms with van der Waals surface area (Å²) in [4.78, 5) is 23.9. The maximum Gasteiger partial charge on any atom is 0.328 e. The molecule has 130 valence electrons. The molecule has 0 aromatic carbocycles. The molecule has 0 saturated heterocycles. The van der Waals surface area contributed by atoms with Crippen LogP contribution in [0, 0.1) is 5.92 Å². The Balaban J connectivity index is 4.57. The molecule has 0 fully saturated rings. The summed E-state index contributed by atoms with van der Waals surface area (Å²) in [5.41, 5.74) is -2.50. The quantitative estimate of drug-likeness (QED) is 0.442. The van der Waals surface area contributed by atoms with Crippen LogP contribution in [0.5, 0.6) is 0 Å². The Hall–Kier alpha value is -0.140. The van der Waals surface area contributed by atoms with Gasteiger partial charge in [0, 0.05) is 0 Å². The molecule has 22 heavy (non-hydrogen) atoms. The summed E-state index contributed by atoms with van der Waals surface area (Å²) in [7, 11) is 0. The van der Waals surface area contributed by atoms with E-state index >= 15 is 0 Å². The summed E-state index contributed by atoms with van der Waals surface area (Å²) in [6.45, 7) is 10.2. The zero-order valence-electron chi connectivity index (χ0n) is 13.8. The normalized spacial score (nSPS) is 13.0. The molecular weight excluding hydrogens is 345 g/mol. The van der Waals surface area contributed by atoms with E-state index in [1.54, 1.807) is 6.92 Å². The van der Waals surface area contributed by atoms with E-state index < -0.39 is 17.7 Å². The molecule has 1 unspecified atom stereocenters. The van der Waals surface area contributed by atoms with Crippen molar-refractivity contribution in [3.63, 3.8) is 0 Å². The first kappa shape index (κ1) is 21.9. The van der Waals surface area contributed by atoms with Crippen molar-refractivity contribution in [2.75, 3.05) is 25.6 Å². The number of hydrogen-bond acceptors (Lipinski definition) is 7. The van der Waals surface area contributed by atoms with Gasteiger partial charge in [-0.2, -0.15) is 0 Å². The predicted octanol–water partition coefficient (Wildman–Crippen LogP) is 2.72. The minimum Gasteiger partial charge on any atom is -0.464 e. The summed E-state index contributed by atoms with van der Waals surface area (Å²) >= 11 is 6.51. The molecule has 0 aliphatic carbocycles. The van der Waals surface area contributed by atoms with Crippen LogP contribution in [0.15, 0.2) is 0 Å². The van der Waals surface area contributed by atoms with E-state index in [9.17, 15) is 9.59 Å². The highest BCUT2D eigenvalue weighted by molar-refractivity contribution is 8.68. The Morgan fingerprint density at radius 3 is 2.09 bits per heavy atom. The molecule has 0 aromatic rings. The van der Waals surface area contributed by atoms with Crippen molar-refractivity contribution in [3.8, 4) is 0 Å². The van der Waals surface area contributed by atoms with E-state index in [1.807, 2.05) is 27.7 Å². The number of esters is 1. The van der Waals surface area contributed by atoms with Crippen molar-refractivity contribution >= 4 is 40.8 Å². The van der Waals surface area contributed by atoms with E-state index in [2.05, 4.69) is 5.32 Å². The second-order valence-corrected chi connectivity index (χ2v) is 10.9. The Labute approximate surface area is 141 Å². The molecule has 0 spiro atoms. The van der Waals surface area contributed by atoms with E-state index in [0.717, 1.165) is 0 Å². The van der Waals surface area contributed by atoms with Crippen LogP contribution >= 0.6 is 17.1 Å². The van der Waals surface area contributed by atoms with Gasteiger partial charge in [0.1, 0.15) is 6.04 Å². The predicted molar refractivity (Wildman–Crippen MR) is 93.4 cm³/mol. The van der Waals surface area contributed by atoms with Crippen LogP contribution in [0.3, 0.4) is 0 Å². The third kappa shape index (κ3) is 8.48. The van der Waals surface area contributed by atoms with E-state index in [0.29, 0.717) is 13.2 Å². The number of ether oxygens (including phenoxy) is 1. The van der Waals surface area contributed by atoms with Crippen LogP contribution in [-0.2, 0) is 35.2 Å². The molecule has 0 aliphatic heterocycles. The fourth-order valence-corrected chi connectivity index (χ4v) is 5.74. The van der Waals surface area contributed by atoms with Crippen LogP contribution < -0.4 is 5.32 Å². The fourth-order valence-electron chi connectivity index (χ4n) is 1.51. The molecular formula is C13H26NO5PS2. The van der Waals surface area contributed by atoms with Crippen LogP contribution in [-0.4, -0.2) is 43.5 Å². The summed E-state index contributed by atoms with van der Waals surface area (Å²) in [6, 6.07) is -0.662. The van der Waals surface area contributed by atoms with Crippen molar-refractivity contribution in [2.45, 2.75) is 40.7 Å². The summed E-state index contributed by atoms with van der Waals surface area (Å²) in [5.74, 6) is -0.690. The maximum absolute atomic E-state index is 12.0. The monoisotopic (exact) mass is 371 g/mol. The zero-order valence-corrected chi connectivity index (χ0v) is 16.3. The molecule has 0 rings (SSSR count). The molecule has 1 N–H and O–H groups in total. The Bertz CT molecular complexity index is 396. The van der Waals surface area contributed by atoms with Crippen LogP contribution in [0.25, 0.3) is 0 Å². The van der Waals surface area contributed by atoms with Crippen molar-refractivity contribution in [1.29, 1.82) is 0 Å². The number of nitrogens with one attached hydrogen (secondary N) is 1. The minimum atomic E-state index is -2.50. The van der Waals surface area contributed by atoms with Crippen LogP contribution in [0.1, 0.15) is 34.6 Å². The standard InChI is InChI=1S/C13H26NO5PS2/c1-6-17-13(16)12(10(4)5)14-11(15)9-22-20(21,18-7-2)19-8-3/h10,12H,6-9H2,1-5H3,(H,14,15). The smallest absolute Gasteiger partial charge is 0.328 e. The molecule has 1 atom stereocenters. The molecule has 9 heteroatoms. The highest BCUT2D eigenvalue weighted by Crippen LogP contribution is 2.60. The Morgan fingerprint density at radius 2 is 1.68 bits per heavy atom. The van der Waals surface area contributed by atoms with Gasteiger partial charge in [0.05, 0.1) is 25.6 Å². The third-order valence-corrected chi connectivity index (χ3v) is 7.86. The largest absolute Gasteiger partial charge is 0.464 e. The maximum atomic E-state index is 12.0. The van der Waals surface area contributed by atoms with Gasteiger partial charge in [-0.15, -0.1) is 0 Å². The molecule has 0 saturated carbocycles. The van der Waals surface area contributed by atoms with E-state index in [-0.39, 0.29) is 24.2 Å². The van der Waals surface area contributed by atoms with E-state index in [1.165, 1.54) is 11.4 Å². The molecule has 0 aliphatic rings. The summed E-state index contributed by atoms with van der Waals surface area (Å²) in [6.07, 6.45) is 0. The van der Waals surface area contributed by atoms with Gasteiger partial charge in [-0.3, -0.25) is 4.79 Å².